The SMILES string of the molecule is CCC(=O)N1CCN(C(=O)c2cn(CC3CCCO3)cc3c(=O)n(-c4ccccc4)nc2-3)CC1. The number of ether oxygens (including phenoxy) is 1. The molecule has 0 aliphatic carbocycles. The van der Waals surface area contributed by atoms with E-state index in [0.29, 0.717) is 61.7 Å². The number of carbonyl (C=O) groups excluding carboxylic acids is 2. The summed E-state index contributed by atoms with van der Waals surface area (Å²) in [5.41, 5.74) is 1.61. The number of rotatable bonds is 5. The molecule has 0 spiro atoms. The summed E-state index contributed by atoms with van der Waals surface area (Å²) in [7, 11) is 0. The second-order valence-corrected chi connectivity index (χ2v) is 8.85. The first-order valence-corrected chi connectivity index (χ1v) is 11.9. The number of benzene rings is 1. The largest absolute Gasteiger partial charge is 0.376 e. The third kappa shape index (κ3) is 4.23. The van der Waals surface area contributed by atoms with E-state index in [-0.39, 0.29) is 23.5 Å². The molecule has 0 aromatic heterocycles. The van der Waals surface area contributed by atoms with Gasteiger partial charge in [-0.3, -0.25) is 14.4 Å². The van der Waals surface area contributed by atoms with Gasteiger partial charge in [-0.25, -0.2) is 0 Å². The number of fused-ring (bicyclic) bond motifs is 1. The quantitative estimate of drug-likeness (QED) is 0.578. The lowest BCUT2D eigenvalue weighted by molar-refractivity contribution is -0.132. The number of hydrogen-bond donors (Lipinski definition) is 0. The first-order chi connectivity index (χ1) is 16.5. The molecule has 0 bridgehead atoms. The van der Waals surface area contributed by atoms with E-state index in [0.717, 1.165) is 19.4 Å². The number of aromatic nitrogens is 3. The Bertz CT molecular complexity index is 1200. The van der Waals surface area contributed by atoms with Crippen LogP contribution in [0.3, 0.4) is 0 Å². The Morgan fingerprint density at radius 2 is 1.79 bits per heavy atom. The van der Waals surface area contributed by atoms with Crippen molar-refractivity contribution >= 4 is 11.8 Å². The molecule has 2 fully saturated rings. The first kappa shape index (κ1) is 22.3. The third-order valence-corrected chi connectivity index (χ3v) is 6.61. The minimum atomic E-state index is -0.254. The third-order valence-electron chi connectivity index (χ3n) is 6.61. The summed E-state index contributed by atoms with van der Waals surface area (Å²) < 4.78 is 9.03. The van der Waals surface area contributed by atoms with Crippen molar-refractivity contribution in [2.45, 2.75) is 38.8 Å². The molecule has 1 aromatic carbocycles. The van der Waals surface area contributed by atoms with Gasteiger partial charge < -0.3 is 19.1 Å². The molecule has 5 rings (SSSR count). The molecule has 4 aliphatic heterocycles. The number of para-hydroxylation sites is 1. The van der Waals surface area contributed by atoms with Gasteiger partial charge >= 0.3 is 0 Å². The van der Waals surface area contributed by atoms with Crippen LogP contribution in [0.5, 0.6) is 0 Å². The van der Waals surface area contributed by atoms with Crippen LogP contribution >= 0.6 is 0 Å². The number of pyridine rings is 1. The highest BCUT2D eigenvalue weighted by atomic mass is 16.5. The van der Waals surface area contributed by atoms with E-state index in [1.807, 2.05) is 41.8 Å². The molecule has 0 N–H and O–H groups in total. The number of amides is 2. The summed E-state index contributed by atoms with van der Waals surface area (Å²) in [6.07, 6.45) is 6.06. The Morgan fingerprint density at radius 1 is 1.06 bits per heavy atom. The second-order valence-electron chi connectivity index (χ2n) is 8.85. The van der Waals surface area contributed by atoms with Crippen molar-refractivity contribution in [1.29, 1.82) is 0 Å². The molecule has 2 amide bonds. The zero-order chi connectivity index (χ0) is 23.7. The summed E-state index contributed by atoms with van der Waals surface area (Å²) >= 11 is 0. The molecule has 0 saturated carbocycles. The molecule has 9 nitrogen and oxygen atoms in total. The van der Waals surface area contributed by atoms with Crippen LogP contribution in [0.4, 0.5) is 0 Å². The average molecular weight is 464 g/mol. The molecular weight excluding hydrogens is 434 g/mol. The van der Waals surface area contributed by atoms with E-state index < -0.39 is 0 Å². The Morgan fingerprint density at radius 3 is 2.47 bits per heavy atom. The van der Waals surface area contributed by atoms with Crippen molar-refractivity contribution < 1.29 is 14.3 Å². The van der Waals surface area contributed by atoms with E-state index in [1.165, 1.54) is 4.68 Å². The zero-order valence-corrected chi connectivity index (χ0v) is 19.4. The Kier molecular flexibility index (Phi) is 6.19. The molecule has 1 aromatic rings. The van der Waals surface area contributed by atoms with Crippen LogP contribution in [0.2, 0.25) is 0 Å². The smallest absolute Gasteiger partial charge is 0.282 e. The normalized spacial score (nSPS) is 18.6. The topological polar surface area (TPSA) is 89.7 Å². The van der Waals surface area contributed by atoms with Gasteiger partial charge in [-0.2, -0.15) is 9.78 Å². The van der Waals surface area contributed by atoms with Crippen LogP contribution < -0.4 is 5.56 Å². The van der Waals surface area contributed by atoms with E-state index in [4.69, 9.17) is 4.74 Å². The van der Waals surface area contributed by atoms with E-state index >= 15 is 0 Å². The van der Waals surface area contributed by atoms with Crippen LogP contribution in [0.15, 0.2) is 47.5 Å². The van der Waals surface area contributed by atoms with E-state index in [2.05, 4.69) is 5.10 Å². The summed E-state index contributed by atoms with van der Waals surface area (Å²) in [6, 6.07) is 9.21. The molecule has 1 unspecified atom stereocenters. The first-order valence-electron chi connectivity index (χ1n) is 11.9. The fraction of sp³-hybridized carbons (Fsp3) is 0.440. The monoisotopic (exact) mass is 463 g/mol. The predicted octanol–water partition coefficient (Wildman–Crippen LogP) is 2.01. The van der Waals surface area contributed by atoms with Crippen molar-refractivity contribution in [2.24, 2.45) is 0 Å². The second kappa shape index (κ2) is 9.42. The van der Waals surface area contributed by atoms with Crippen molar-refractivity contribution in [1.82, 2.24) is 24.1 Å². The molecule has 4 aliphatic rings. The van der Waals surface area contributed by atoms with Crippen LogP contribution in [-0.4, -0.2) is 74.9 Å². The number of hydrogen-bond acceptors (Lipinski definition) is 5. The van der Waals surface area contributed by atoms with Gasteiger partial charge in [-0.15, -0.1) is 0 Å². The maximum Gasteiger partial charge on any atom is 0.282 e. The molecule has 34 heavy (non-hydrogen) atoms. The lowest BCUT2D eigenvalue weighted by Crippen LogP contribution is -2.50. The minimum Gasteiger partial charge on any atom is -0.376 e. The van der Waals surface area contributed by atoms with E-state index in [9.17, 15) is 14.4 Å². The van der Waals surface area contributed by atoms with Crippen LogP contribution in [0.1, 0.15) is 36.5 Å². The van der Waals surface area contributed by atoms with Crippen molar-refractivity contribution in [2.75, 3.05) is 32.8 Å². The Balaban J connectivity index is 1.51. The predicted molar refractivity (Wildman–Crippen MR) is 126 cm³/mol. The lowest BCUT2D eigenvalue weighted by Gasteiger charge is -2.35. The van der Waals surface area contributed by atoms with Crippen molar-refractivity contribution in [3.63, 3.8) is 0 Å². The van der Waals surface area contributed by atoms with Gasteiger partial charge in [-0.05, 0) is 25.0 Å². The number of piperazine rings is 1. The van der Waals surface area contributed by atoms with E-state index in [1.54, 1.807) is 22.2 Å². The van der Waals surface area contributed by atoms with Crippen LogP contribution in [-0.2, 0) is 16.1 Å². The summed E-state index contributed by atoms with van der Waals surface area (Å²) in [6.45, 7) is 5.08. The zero-order valence-electron chi connectivity index (χ0n) is 19.4. The van der Waals surface area contributed by atoms with Crippen molar-refractivity contribution in [3.8, 4) is 16.9 Å². The van der Waals surface area contributed by atoms with Gasteiger partial charge in [0.2, 0.25) is 5.91 Å². The minimum absolute atomic E-state index is 0.0632. The van der Waals surface area contributed by atoms with Crippen molar-refractivity contribution in [3.05, 3.63) is 58.6 Å². The molecular formula is C25H29N5O4. The summed E-state index contributed by atoms with van der Waals surface area (Å²) in [5, 5.41) is 4.58. The number of nitrogens with zero attached hydrogens (tertiary/aromatic N) is 5. The molecule has 178 valence electrons. The molecule has 2 saturated heterocycles. The maximum absolute atomic E-state index is 13.6. The maximum atomic E-state index is 13.6. The van der Waals surface area contributed by atoms with Gasteiger partial charge in [0.25, 0.3) is 11.5 Å². The lowest BCUT2D eigenvalue weighted by atomic mass is 10.1. The molecule has 4 heterocycles. The number of carbonyl (C=O) groups is 2. The fourth-order valence-electron chi connectivity index (χ4n) is 4.74. The Labute approximate surface area is 197 Å². The highest BCUT2D eigenvalue weighted by Crippen LogP contribution is 2.25. The van der Waals surface area contributed by atoms with Gasteiger partial charge in [0.1, 0.15) is 5.69 Å². The van der Waals surface area contributed by atoms with Gasteiger partial charge in [-0.1, -0.05) is 25.1 Å². The highest BCUT2D eigenvalue weighted by molar-refractivity contribution is 6.00. The molecule has 1 atom stereocenters. The molecule has 9 heteroatoms. The van der Waals surface area contributed by atoms with Gasteiger partial charge in [0, 0.05) is 58.1 Å². The summed E-state index contributed by atoms with van der Waals surface area (Å²) in [4.78, 5) is 42.5. The van der Waals surface area contributed by atoms with Crippen LogP contribution in [0, 0.1) is 0 Å². The van der Waals surface area contributed by atoms with Crippen LogP contribution in [0.25, 0.3) is 16.9 Å². The highest BCUT2D eigenvalue weighted by Gasteiger charge is 2.30. The average Bonchev–Trinajstić information content (AvgIpc) is 3.51. The van der Waals surface area contributed by atoms with Gasteiger partial charge in [0.15, 0.2) is 0 Å². The summed E-state index contributed by atoms with van der Waals surface area (Å²) in [5.74, 6) is -0.0748. The molecule has 0 radical (unpaired) electrons. The fourth-order valence-corrected chi connectivity index (χ4v) is 4.74. The standard InChI is InChI=1S/C25H29N5O4/c1-2-22(31)28-10-12-29(13-11-28)24(32)20-16-27(15-19-9-6-14-34-19)17-21-23(20)26-30(25(21)33)18-7-4-3-5-8-18/h3-5,7-8,16-17,19H,2,6,9-15H2,1H3. The Hall–Kier alpha value is -3.46. The van der Waals surface area contributed by atoms with Gasteiger partial charge in [0.05, 0.1) is 22.9 Å².